The summed E-state index contributed by atoms with van der Waals surface area (Å²) in [4.78, 5) is 11.6. The van der Waals surface area contributed by atoms with Crippen molar-refractivity contribution in [2.45, 2.75) is 20.1 Å². The maximum Gasteiger partial charge on any atom is 0.318 e. The normalized spacial score (nSPS) is 11.0. The minimum absolute atomic E-state index is 0.290. The molecule has 0 saturated carbocycles. The van der Waals surface area contributed by atoms with E-state index in [0.29, 0.717) is 24.8 Å². The molecule has 5 nitrogen and oxygen atoms in total. The average Bonchev–Trinajstić information content (AvgIpc) is 2.45. The van der Waals surface area contributed by atoms with Crippen molar-refractivity contribution in [1.29, 1.82) is 0 Å². The highest BCUT2D eigenvalue weighted by atomic mass is 35.5. The topological polar surface area (TPSA) is 59.6 Å². The monoisotopic (exact) mass is 312 g/mol. The van der Waals surface area contributed by atoms with Gasteiger partial charge in [-0.2, -0.15) is 0 Å². The molecule has 2 amide bonds. The first kappa shape index (κ1) is 17.5. The van der Waals surface area contributed by atoms with Gasteiger partial charge in [0, 0.05) is 24.4 Å². The molecule has 0 atom stereocenters. The SMILES string of the molecule is CCOC(CNC(=O)N/C=C/c1cccc(Cl)c1)OCC. The van der Waals surface area contributed by atoms with Crippen LogP contribution >= 0.6 is 11.6 Å². The zero-order valence-corrected chi connectivity index (χ0v) is 13.0. The number of rotatable bonds is 8. The van der Waals surface area contributed by atoms with Crippen LogP contribution in [-0.2, 0) is 9.47 Å². The molecule has 21 heavy (non-hydrogen) atoms. The molecular formula is C15H21ClN2O3. The number of urea groups is 1. The van der Waals surface area contributed by atoms with Gasteiger partial charge < -0.3 is 20.1 Å². The third-order valence-electron chi connectivity index (χ3n) is 2.47. The fraction of sp³-hybridized carbons (Fsp3) is 0.400. The highest BCUT2D eigenvalue weighted by molar-refractivity contribution is 6.30. The van der Waals surface area contributed by atoms with Gasteiger partial charge in [-0.05, 0) is 37.6 Å². The van der Waals surface area contributed by atoms with Crippen molar-refractivity contribution >= 4 is 23.7 Å². The Morgan fingerprint density at radius 3 is 2.67 bits per heavy atom. The first-order valence-corrected chi connectivity index (χ1v) is 7.23. The molecule has 0 fully saturated rings. The summed E-state index contributed by atoms with van der Waals surface area (Å²) in [5, 5.41) is 5.93. The van der Waals surface area contributed by atoms with E-state index in [4.69, 9.17) is 21.1 Å². The van der Waals surface area contributed by atoms with Crippen molar-refractivity contribution in [3.63, 3.8) is 0 Å². The molecular weight excluding hydrogens is 292 g/mol. The summed E-state index contributed by atoms with van der Waals surface area (Å²) in [6.45, 7) is 5.10. The van der Waals surface area contributed by atoms with E-state index >= 15 is 0 Å². The first-order chi connectivity index (χ1) is 10.2. The van der Waals surface area contributed by atoms with Crippen LogP contribution in [0.15, 0.2) is 30.5 Å². The highest BCUT2D eigenvalue weighted by Crippen LogP contribution is 2.11. The Morgan fingerprint density at radius 1 is 1.33 bits per heavy atom. The molecule has 0 radical (unpaired) electrons. The van der Waals surface area contributed by atoms with Crippen molar-refractivity contribution in [3.05, 3.63) is 41.1 Å². The number of amides is 2. The Morgan fingerprint density at radius 2 is 2.05 bits per heavy atom. The second kappa shape index (κ2) is 10.2. The third kappa shape index (κ3) is 7.70. The van der Waals surface area contributed by atoms with E-state index in [-0.39, 0.29) is 6.03 Å². The maximum atomic E-state index is 11.6. The van der Waals surface area contributed by atoms with Crippen LogP contribution in [-0.4, -0.2) is 32.1 Å². The van der Waals surface area contributed by atoms with Crippen molar-refractivity contribution in [2.24, 2.45) is 0 Å². The van der Waals surface area contributed by atoms with Crippen molar-refractivity contribution in [3.8, 4) is 0 Å². The Bertz CT molecular complexity index is 460. The minimum Gasteiger partial charge on any atom is -0.351 e. The molecule has 0 aliphatic heterocycles. The number of hydrogen-bond acceptors (Lipinski definition) is 3. The number of halogens is 1. The lowest BCUT2D eigenvalue weighted by molar-refractivity contribution is -0.131. The van der Waals surface area contributed by atoms with Gasteiger partial charge in [0.15, 0.2) is 6.29 Å². The van der Waals surface area contributed by atoms with Crippen LogP contribution in [0.5, 0.6) is 0 Å². The maximum absolute atomic E-state index is 11.6. The van der Waals surface area contributed by atoms with Gasteiger partial charge in [-0.1, -0.05) is 23.7 Å². The van der Waals surface area contributed by atoms with Crippen LogP contribution in [0, 0.1) is 0 Å². The second-order valence-corrected chi connectivity index (χ2v) is 4.52. The van der Waals surface area contributed by atoms with Gasteiger partial charge in [0.25, 0.3) is 0 Å². The average molecular weight is 313 g/mol. The fourth-order valence-corrected chi connectivity index (χ4v) is 1.79. The molecule has 116 valence electrons. The molecule has 1 rings (SSSR count). The summed E-state index contributed by atoms with van der Waals surface area (Å²) in [7, 11) is 0. The Balaban J connectivity index is 2.33. The highest BCUT2D eigenvalue weighted by Gasteiger charge is 2.08. The molecule has 0 saturated heterocycles. The van der Waals surface area contributed by atoms with Crippen LogP contribution in [0.3, 0.4) is 0 Å². The first-order valence-electron chi connectivity index (χ1n) is 6.85. The Kier molecular flexibility index (Phi) is 8.50. The summed E-state index contributed by atoms with van der Waals surface area (Å²) in [5.41, 5.74) is 0.907. The molecule has 1 aromatic rings. The molecule has 0 heterocycles. The molecule has 0 aliphatic carbocycles. The number of hydrogen-bond donors (Lipinski definition) is 2. The zero-order valence-electron chi connectivity index (χ0n) is 12.3. The van der Waals surface area contributed by atoms with Crippen LogP contribution in [0.1, 0.15) is 19.4 Å². The third-order valence-corrected chi connectivity index (χ3v) is 2.71. The van der Waals surface area contributed by atoms with E-state index in [0.717, 1.165) is 5.56 Å². The number of benzene rings is 1. The molecule has 2 N–H and O–H groups in total. The predicted octanol–water partition coefficient (Wildman–Crippen LogP) is 3.01. The predicted molar refractivity (Wildman–Crippen MR) is 84.1 cm³/mol. The quantitative estimate of drug-likeness (QED) is 0.725. The van der Waals surface area contributed by atoms with Gasteiger partial charge in [0.2, 0.25) is 0 Å². The second-order valence-electron chi connectivity index (χ2n) is 4.08. The van der Waals surface area contributed by atoms with Gasteiger partial charge in [0.1, 0.15) is 0 Å². The Hall–Kier alpha value is -1.56. The fourth-order valence-electron chi connectivity index (χ4n) is 1.59. The summed E-state index contributed by atoms with van der Waals surface area (Å²) in [6, 6.07) is 7.01. The van der Waals surface area contributed by atoms with Crippen LogP contribution in [0.2, 0.25) is 5.02 Å². The summed E-state index contributed by atoms with van der Waals surface area (Å²) in [5.74, 6) is 0. The molecule has 0 bridgehead atoms. The van der Waals surface area contributed by atoms with E-state index < -0.39 is 6.29 Å². The van der Waals surface area contributed by atoms with Crippen LogP contribution in [0.25, 0.3) is 6.08 Å². The van der Waals surface area contributed by atoms with Crippen molar-refractivity contribution in [2.75, 3.05) is 19.8 Å². The molecule has 0 spiro atoms. The summed E-state index contributed by atoms with van der Waals surface area (Å²) < 4.78 is 10.6. The number of nitrogens with one attached hydrogen (secondary N) is 2. The van der Waals surface area contributed by atoms with Gasteiger partial charge in [-0.15, -0.1) is 0 Å². The van der Waals surface area contributed by atoms with E-state index in [1.807, 2.05) is 26.0 Å². The van der Waals surface area contributed by atoms with Crippen LogP contribution in [0.4, 0.5) is 4.79 Å². The number of carbonyl (C=O) groups excluding carboxylic acids is 1. The van der Waals surface area contributed by atoms with Gasteiger partial charge in [-0.25, -0.2) is 4.79 Å². The lowest BCUT2D eigenvalue weighted by Crippen LogP contribution is -2.39. The van der Waals surface area contributed by atoms with Crippen molar-refractivity contribution in [1.82, 2.24) is 10.6 Å². The van der Waals surface area contributed by atoms with E-state index in [9.17, 15) is 4.79 Å². The molecule has 0 unspecified atom stereocenters. The van der Waals surface area contributed by atoms with E-state index in [1.54, 1.807) is 24.4 Å². The van der Waals surface area contributed by atoms with Gasteiger partial charge in [-0.3, -0.25) is 0 Å². The molecule has 1 aromatic carbocycles. The molecule has 0 aromatic heterocycles. The summed E-state index contributed by atoms with van der Waals surface area (Å²) in [6.07, 6.45) is 2.88. The summed E-state index contributed by atoms with van der Waals surface area (Å²) >= 11 is 5.87. The number of ether oxygens (including phenoxy) is 2. The zero-order chi connectivity index (χ0) is 15.5. The molecule has 6 heteroatoms. The number of carbonyl (C=O) groups is 1. The van der Waals surface area contributed by atoms with E-state index in [2.05, 4.69) is 10.6 Å². The van der Waals surface area contributed by atoms with Crippen molar-refractivity contribution < 1.29 is 14.3 Å². The van der Waals surface area contributed by atoms with Crippen LogP contribution < -0.4 is 10.6 Å². The molecule has 0 aliphatic rings. The standard InChI is InChI=1S/C15H21ClN2O3/c1-3-20-14(21-4-2)11-18-15(19)17-9-8-12-6-5-7-13(16)10-12/h5-10,14H,3-4,11H2,1-2H3,(H2,17,18,19)/b9-8+. The van der Waals surface area contributed by atoms with Gasteiger partial charge in [0.05, 0.1) is 6.54 Å². The lowest BCUT2D eigenvalue weighted by atomic mass is 10.2. The van der Waals surface area contributed by atoms with Gasteiger partial charge >= 0.3 is 6.03 Å². The minimum atomic E-state index is -0.428. The lowest BCUT2D eigenvalue weighted by Gasteiger charge is -2.17. The van der Waals surface area contributed by atoms with E-state index in [1.165, 1.54) is 0 Å². The smallest absolute Gasteiger partial charge is 0.318 e. The largest absolute Gasteiger partial charge is 0.351 e. The Labute approximate surface area is 130 Å².